The quantitative estimate of drug-likeness (QED) is 0.299. The van der Waals surface area contributed by atoms with Gasteiger partial charge in [-0.05, 0) is 31.5 Å². The number of nitrogens with one attached hydrogen (secondary N) is 2. The highest BCUT2D eigenvalue weighted by Gasteiger charge is 2.01. The van der Waals surface area contributed by atoms with E-state index in [1.54, 1.807) is 13.2 Å². The second-order valence-electron chi connectivity index (χ2n) is 5.31. The number of aryl methyl sites for hydroxylation is 2. The zero-order chi connectivity index (χ0) is 16.5. The highest BCUT2D eigenvalue weighted by molar-refractivity contribution is 14.0. The molecule has 24 heavy (non-hydrogen) atoms. The van der Waals surface area contributed by atoms with Gasteiger partial charge in [0.1, 0.15) is 5.75 Å². The number of ether oxygens (including phenoxy) is 1. The van der Waals surface area contributed by atoms with Gasteiger partial charge in [0.2, 0.25) is 0 Å². The van der Waals surface area contributed by atoms with Gasteiger partial charge in [0.15, 0.2) is 5.96 Å². The molecule has 0 aliphatic rings. The van der Waals surface area contributed by atoms with E-state index in [1.165, 1.54) is 5.56 Å². The Morgan fingerprint density at radius 2 is 1.96 bits per heavy atom. The highest BCUT2D eigenvalue weighted by atomic mass is 127. The lowest BCUT2D eigenvalue weighted by Crippen LogP contribution is -2.38. The van der Waals surface area contributed by atoms with E-state index in [0.29, 0.717) is 13.2 Å². The van der Waals surface area contributed by atoms with Crippen LogP contribution in [-0.4, -0.2) is 35.9 Å². The lowest BCUT2D eigenvalue weighted by atomic mass is 10.2. The van der Waals surface area contributed by atoms with E-state index in [4.69, 9.17) is 4.74 Å². The van der Waals surface area contributed by atoms with Gasteiger partial charge in [0.05, 0.1) is 18.8 Å². The maximum absolute atomic E-state index is 5.70. The van der Waals surface area contributed by atoms with Crippen molar-refractivity contribution in [1.29, 1.82) is 0 Å². The summed E-state index contributed by atoms with van der Waals surface area (Å²) >= 11 is 0. The maximum atomic E-state index is 5.70. The third-order valence-electron chi connectivity index (χ3n) is 3.49. The average Bonchev–Trinajstić information content (AvgIpc) is 2.97. The van der Waals surface area contributed by atoms with Crippen molar-refractivity contribution < 1.29 is 4.74 Å². The summed E-state index contributed by atoms with van der Waals surface area (Å²) in [7, 11) is 3.69. The molecular weight excluding hydrogens is 417 g/mol. The molecule has 0 aliphatic heterocycles. The number of aliphatic imine (C=N–C) groups is 1. The molecule has 0 amide bonds. The molecule has 132 valence electrons. The first-order valence-electron chi connectivity index (χ1n) is 7.80. The Hall–Kier alpha value is -1.77. The van der Waals surface area contributed by atoms with Gasteiger partial charge in [0.25, 0.3) is 0 Å². The van der Waals surface area contributed by atoms with Crippen LogP contribution in [-0.2, 0) is 13.6 Å². The molecule has 0 aliphatic carbocycles. The van der Waals surface area contributed by atoms with E-state index in [9.17, 15) is 0 Å². The first kappa shape index (κ1) is 20.3. The number of hydrogen-bond donors (Lipinski definition) is 2. The van der Waals surface area contributed by atoms with E-state index in [1.807, 2.05) is 29.9 Å². The summed E-state index contributed by atoms with van der Waals surface area (Å²) in [6.07, 6.45) is 2.69. The third-order valence-corrected chi connectivity index (χ3v) is 3.49. The lowest BCUT2D eigenvalue weighted by molar-refractivity contribution is 0.311. The Labute approximate surface area is 160 Å². The van der Waals surface area contributed by atoms with Crippen LogP contribution in [0, 0.1) is 6.92 Å². The van der Waals surface area contributed by atoms with Crippen LogP contribution in [0.25, 0.3) is 0 Å². The van der Waals surface area contributed by atoms with Crippen molar-refractivity contribution in [3.05, 3.63) is 47.8 Å². The van der Waals surface area contributed by atoms with E-state index >= 15 is 0 Å². The van der Waals surface area contributed by atoms with Crippen LogP contribution < -0.4 is 15.4 Å². The predicted molar refractivity (Wildman–Crippen MR) is 108 cm³/mol. The van der Waals surface area contributed by atoms with Gasteiger partial charge in [-0.3, -0.25) is 9.67 Å². The molecule has 1 heterocycles. The molecule has 0 atom stereocenters. The molecule has 1 aromatic heterocycles. The Kier molecular flexibility index (Phi) is 9.21. The second-order valence-corrected chi connectivity index (χ2v) is 5.31. The molecule has 0 saturated carbocycles. The Morgan fingerprint density at radius 3 is 2.58 bits per heavy atom. The highest BCUT2D eigenvalue weighted by Crippen LogP contribution is 2.11. The standard InChI is InChI=1S/C17H25N5O.HI/c1-14-5-7-16(8-6-14)23-12-4-10-19-17(18-2)20-13-15-9-11-21-22(15)3;/h5-9,11H,4,10,12-13H2,1-3H3,(H2,18,19,20);1H. The number of guanidine groups is 1. The van der Waals surface area contributed by atoms with Crippen LogP contribution >= 0.6 is 24.0 Å². The van der Waals surface area contributed by atoms with Gasteiger partial charge in [0, 0.05) is 26.8 Å². The van der Waals surface area contributed by atoms with E-state index in [2.05, 4.69) is 39.8 Å². The molecule has 0 fully saturated rings. The Morgan fingerprint density at radius 1 is 1.21 bits per heavy atom. The molecule has 7 heteroatoms. The summed E-state index contributed by atoms with van der Waals surface area (Å²) < 4.78 is 7.54. The Bertz CT molecular complexity index is 624. The summed E-state index contributed by atoms with van der Waals surface area (Å²) in [5.41, 5.74) is 2.35. The molecular formula is C17H26IN5O. The van der Waals surface area contributed by atoms with Crippen molar-refractivity contribution in [2.45, 2.75) is 19.9 Å². The second kappa shape index (κ2) is 10.9. The SMILES string of the molecule is CN=C(NCCCOc1ccc(C)cc1)NCc1ccnn1C.I. The van der Waals surface area contributed by atoms with Crippen LogP contribution in [0.4, 0.5) is 0 Å². The minimum atomic E-state index is 0. The molecule has 0 bridgehead atoms. The Balaban J connectivity index is 0.00000288. The molecule has 0 unspecified atom stereocenters. The fourth-order valence-electron chi connectivity index (χ4n) is 2.07. The minimum Gasteiger partial charge on any atom is -0.494 e. The summed E-state index contributed by atoms with van der Waals surface area (Å²) in [5, 5.41) is 10.7. The molecule has 2 aromatic rings. The fraction of sp³-hybridized carbons (Fsp3) is 0.412. The zero-order valence-corrected chi connectivity index (χ0v) is 16.8. The minimum absolute atomic E-state index is 0. The van der Waals surface area contributed by atoms with E-state index in [0.717, 1.165) is 30.4 Å². The molecule has 0 radical (unpaired) electrons. The number of benzene rings is 1. The molecule has 2 N–H and O–H groups in total. The lowest BCUT2D eigenvalue weighted by Gasteiger charge is -2.12. The number of rotatable bonds is 7. The smallest absolute Gasteiger partial charge is 0.191 e. The largest absolute Gasteiger partial charge is 0.494 e. The van der Waals surface area contributed by atoms with Crippen molar-refractivity contribution >= 4 is 29.9 Å². The first-order valence-corrected chi connectivity index (χ1v) is 7.80. The molecule has 2 rings (SSSR count). The summed E-state index contributed by atoms with van der Waals surface area (Å²) in [6.45, 7) is 4.24. The monoisotopic (exact) mass is 443 g/mol. The van der Waals surface area contributed by atoms with E-state index in [-0.39, 0.29) is 24.0 Å². The zero-order valence-electron chi connectivity index (χ0n) is 14.5. The van der Waals surface area contributed by atoms with Gasteiger partial charge in [-0.25, -0.2) is 0 Å². The molecule has 0 saturated heterocycles. The maximum Gasteiger partial charge on any atom is 0.191 e. The fourth-order valence-corrected chi connectivity index (χ4v) is 2.07. The van der Waals surface area contributed by atoms with Crippen molar-refractivity contribution in [2.24, 2.45) is 12.0 Å². The summed E-state index contributed by atoms with van der Waals surface area (Å²) in [5.74, 6) is 1.69. The molecule has 0 spiro atoms. The van der Waals surface area contributed by atoms with Crippen molar-refractivity contribution in [3.8, 4) is 5.75 Å². The van der Waals surface area contributed by atoms with Crippen molar-refractivity contribution in [2.75, 3.05) is 20.2 Å². The number of hydrogen-bond acceptors (Lipinski definition) is 3. The molecule has 1 aromatic carbocycles. The van der Waals surface area contributed by atoms with Gasteiger partial charge < -0.3 is 15.4 Å². The van der Waals surface area contributed by atoms with Crippen molar-refractivity contribution in [1.82, 2.24) is 20.4 Å². The third kappa shape index (κ3) is 6.77. The van der Waals surface area contributed by atoms with Crippen molar-refractivity contribution in [3.63, 3.8) is 0 Å². The average molecular weight is 443 g/mol. The topological polar surface area (TPSA) is 63.5 Å². The van der Waals surface area contributed by atoms with Crippen LogP contribution in [0.3, 0.4) is 0 Å². The van der Waals surface area contributed by atoms with E-state index < -0.39 is 0 Å². The van der Waals surface area contributed by atoms with Gasteiger partial charge >= 0.3 is 0 Å². The summed E-state index contributed by atoms with van der Waals surface area (Å²) in [6, 6.07) is 10.1. The number of aromatic nitrogens is 2. The van der Waals surface area contributed by atoms with Gasteiger partial charge in [-0.15, -0.1) is 24.0 Å². The van der Waals surface area contributed by atoms with Gasteiger partial charge in [-0.2, -0.15) is 5.10 Å². The number of nitrogens with zero attached hydrogens (tertiary/aromatic N) is 3. The number of halogens is 1. The molecule has 6 nitrogen and oxygen atoms in total. The normalized spacial score (nSPS) is 10.9. The summed E-state index contributed by atoms with van der Waals surface area (Å²) in [4.78, 5) is 4.21. The predicted octanol–water partition coefficient (Wildman–Crippen LogP) is 2.48. The van der Waals surface area contributed by atoms with Crippen LogP contribution in [0.1, 0.15) is 17.7 Å². The van der Waals surface area contributed by atoms with Gasteiger partial charge in [-0.1, -0.05) is 17.7 Å². The van der Waals surface area contributed by atoms with Crippen LogP contribution in [0.5, 0.6) is 5.75 Å². The first-order chi connectivity index (χ1) is 11.2. The van der Waals surface area contributed by atoms with Crippen LogP contribution in [0.15, 0.2) is 41.5 Å². The van der Waals surface area contributed by atoms with Crippen LogP contribution in [0.2, 0.25) is 0 Å².